The van der Waals surface area contributed by atoms with Crippen LogP contribution in [-0.2, 0) is 6.54 Å². The minimum absolute atomic E-state index is 0.216. The maximum Gasteiger partial charge on any atom is 0.161 e. The zero-order valence-corrected chi connectivity index (χ0v) is 12.9. The molecule has 0 fully saturated rings. The molecule has 0 aliphatic rings. The van der Waals surface area contributed by atoms with Crippen molar-refractivity contribution in [3.8, 4) is 6.07 Å². The predicted molar refractivity (Wildman–Crippen MR) is 82.1 cm³/mol. The van der Waals surface area contributed by atoms with Gasteiger partial charge in [-0.1, -0.05) is 29.8 Å². The van der Waals surface area contributed by atoms with Crippen molar-refractivity contribution in [1.82, 2.24) is 0 Å². The summed E-state index contributed by atoms with van der Waals surface area (Å²) in [6.45, 7) is 2.64. The van der Waals surface area contributed by atoms with Crippen molar-refractivity contribution in [3.63, 3.8) is 0 Å². The molecule has 0 saturated carbocycles. The molecule has 2 aromatic carbocycles. The number of aryl methyl sites for hydroxylation is 1. The molecule has 0 N–H and O–H groups in total. The van der Waals surface area contributed by atoms with E-state index in [2.05, 4.69) is 22.0 Å². The summed E-state index contributed by atoms with van der Waals surface area (Å²) in [5.41, 5.74) is 3.07. The fraction of sp³-hybridized carbons (Fsp3) is 0.188. The van der Waals surface area contributed by atoms with Crippen LogP contribution >= 0.6 is 15.9 Å². The van der Waals surface area contributed by atoms with Crippen LogP contribution in [-0.4, -0.2) is 7.05 Å². The van der Waals surface area contributed by atoms with Gasteiger partial charge in [-0.05, 0) is 40.5 Å². The van der Waals surface area contributed by atoms with E-state index in [0.29, 0.717) is 17.8 Å². The number of anilines is 1. The van der Waals surface area contributed by atoms with Gasteiger partial charge in [-0.25, -0.2) is 4.39 Å². The molecule has 0 aromatic heterocycles. The molecule has 0 bridgehead atoms. The number of halogens is 2. The Bertz CT molecular complexity index is 677. The third kappa shape index (κ3) is 3.00. The molecule has 0 aliphatic carbocycles. The Kier molecular flexibility index (Phi) is 4.41. The molecule has 2 aromatic rings. The molecule has 0 unspecified atom stereocenters. The Morgan fingerprint density at radius 1 is 1.30 bits per heavy atom. The van der Waals surface area contributed by atoms with Gasteiger partial charge in [0.05, 0.1) is 15.7 Å². The third-order valence-corrected chi connectivity index (χ3v) is 3.87. The highest BCUT2D eigenvalue weighted by molar-refractivity contribution is 9.10. The third-order valence-electron chi connectivity index (χ3n) is 3.10. The van der Waals surface area contributed by atoms with E-state index in [1.54, 1.807) is 12.1 Å². The van der Waals surface area contributed by atoms with E-state index >= 15 is 0 Å². The van der Waals surface area contributed by atoms with Crippen molar-refractivity contribution >= 4 is 21.6 Å². The van der Waals surface area contributed by atoms with Crippen molar-refractivity contribution in [2.24, 2.45) is 0 Å². The molecule has 0 heterocycles. The lowest BCUT2D eigenvalue weighted by molar-refractivity contribution is 0.615. The smallest absolute Gasteiger partial charge is 0.161 e. The zero-order chi connectivity index (χ0) is 14.7. The normalized spacial score (nSPS) is 10.2. The van der Waals surface area contributed by atoms with Crippen LogP contribution in [0.15, 0.2) is 40.9 Å². The average Bonchev–Trinajstić information content (AvgIpc) is 2.41. The van der Waals surface area contributed by atoms with Crippen LogP contribution in [0.1, 0.15) is 16.7 Å². The number of hydrogen-bond acceptors (Lipinski definition) is 2. The molecule has 0 atom stereocenters. The largest absolute Gasteiger partial charge is 0.368 e. The number of nitrogens with zero attached hydrogens (tertiary/aromatic N) is 2. The summed E-state index contributed by atoms with van der Waals surface area (Å²) in [4.78, 5) is 1.83. The van der Waals surface area contributed by atoms with E-state index < -0.39 is 5.82 Å². The van der Waals surface area contributed by atoms with Gasteiger partial charge >= 0.3 is 0 Å². The topological polar surface area (TPSA) is 27.0 Å². The molecule has 20 heavy (non-hydrogen) atoms. The lowest BCUT2D eigenvalue weighted by Gasteiger charge is -2.21. The van der Waals surface area contributed by atoms with Crippen molar-refractivity contribution in [2.45, 2.75) is 13.5 Å². The maximum atomic E-state index is 14.2. The second kappa shape index (κ2) is 6.06. The minimum Gasteiger partial charge on any atom is -0.368 e. The molecular weight excluding hydrogens is 319 g/mol. The SMILES string of the molecule is Cc1cccc(CN(C)c2ccc(C#N)c(Br)c2F)c1. The Balaban J connectivity index is 2.28. The van der Waals surface area contributed by atoms with Crippen LogP contribution in [0.5, 0.6) is 0 Å². The molecule has 0 spiro atoms. The Labute approximate surface area is 126 Å². The molecule has 0 saturated heterocycles. The van der Waals surface area contributed by atoms with Crippen LogP contribution in [0.4, 0.5) is 10.1 Å². The number of hydrogen-bond donors (Lipinski definition) is 0. The standard InChI is InChI=1S/C16H14BrFN2/c1-11-4-3-5-12(8-11)10-20(2)14-7-6-13(9-19)15(17)16(14)18/h3-8H,10H2,1-2H3. The van der Waals surface area contributed by atoms with Crippen LogP contribution < -0.4 is 4.90 Å². The highest BCUT2D eigenvalue weighted by Crippen LogP contribution is 2.29. The highest BCUT2D eigenvalue weighted by Gasteiger charge is 2.14. The Morgan fingerprint density at radius 2 is 2.05 bits per heavy atom. The molecule has 0 radical (unpaired) electrons. The Morgan fingerprint density at radius 3 is 2.70 bits per heavy atom. The highest BCUT2D eigenvalue weighted by atomic mass is 79.9. The van der Waals surface area contributed by atoms with Gasteiger partial charge < -0.3 is 4.90 Å². The molecule has 0 aliphatic heterocycles. The summed E-state index contributed by atoms with van der Waals surface area (Å²) in [5.74, 6) is -0.404. The van der Waals surface area contributed by atoms with Gasteiger partial charge in [0, 0.05) is 13.6 Å². The fourth-order valence-corrected chi connectivity index (χ4v) is 2.51. The van der Waals surface area contributed by atoms with Gasteiger partial charge in [0.25, 0.3) is 0 Å². The maximum absolute atomic E-state index is 14.2. The fourth-order valence-electron chi connectivity index (χ4n) is 2.09. The molecule has 2 rings (SSSR count). The molecular formula is C16H14BrFN2. The van der Waals surface area contributed by atoms with E-state index in [9.17, 15) is 4.39 Å². The monoisotopic (exact) mass is 332 g/mol. The first-order chi connectivity index (χ1) is 9.52. The summed E-state index contributed by atoms with van der Waals surface area (Å²) >= 11 is 3.13. The zero-order valence-electron chi connectivity index (χ0n) is 11.3. The quantitative estimate of drug-likeness (QED) is 0.832. The lowest BCUT2D eigenvalue weighted by Crippen LogP contribution is -2.18. The first-order valence-electron chi connectivity index (χ1n) is 6.17. The second-order valence-electron chi connectivity index (χ2n) is 4.72. The average molecular weight is 333 g/mol. The molecule has 2 nitrogen and oxygen atoms in total. The summed E-state index contributed by atoms with van der Waals surface area (Å²) in [6, 6.07) is 13.3. The number of benzene rings is 2. The van der Waals surface area contributed by atoms with Gasteiger partial charge in [-0.2, -0.15) is 5.26 Å². The van der Waals surface area contributed by atoms with Gasteiger partial charge in [-0.15, -0.1) is 0 Å². The molecule has 102 valence electrons. The van der Waals surface area contributed by atoms with Crippen LogP contribution in [0.25, 0.3) is 0 Å². The van der Waals surface area contributed by atoms with Crippen molar-refractivity contribution in [2.75, 3.05) is 11.9 Å². The second-order valence-corrected chi connectivity index (χ2v) is 5.51. The van der Waals surface area contributed by atoms with E-state index in [4.69, 9.17) is 5.26 Å². The predicted octanol–water partition coefficient (Wildman–Crippen LogP) is 4.40. The van der Waals surface area contributed by atoms with E-state index in [-0.39, 0.29) is 4.47 Å². The van der Waals surface area contributed by atoms with Gasteiger partial charge in [0.15, 0.2) is 5.82 Å². The van der Waals surface area contributed by atoms with Crippen LogP contribution in [0.3, 0.4) is 0 Å². The first kappa shape index (κ1) is 14.5. The number of rotatable bonds is 3. The molecule has 0 amide bonds. The minimum atomic E-state index is -0.404. The van der Waals surface area contributed by atoms with E-state index in [1.165, 1.54) is 5.56 Å². The Hall–Kier alpha value is -1.86. The van der Waals surface area contributed by atoms with Crippen LogP contribution in [0, 0.1) is 24.1 Å². The van der Waals surface area contributed by atoms with Gasteiger partial charge in [0.2, 0.25) is 0 Å². The summed E-state index contributed by atoms with van der Waals surface area (Å²) < 4.78 is 14.5. The van der Waals surface area contributed by atoms with E-state index in [1.807, 2.05) is 43.1 Å². The van der Waals surface area contributed by atoms with Crippen molar-refractivity contribution < 1.29 is 4.39 Å². The summed E-state index contributed by atoms with van der Waals surface area (Å²) in [6.07, 6.45) is 0. The molecule has 4 heteroatoms. The first-order valence-corrected chi connectivity index (χ1v) is 6.97. The lowest BCUT2D eigenvalue weighted by atomic mass is 10.1. The van der Waals surface area contributed by atoms with E-state index in [0.717, 1.165) is 5.56 Å². The summed E-state index contributed by atoms with van der Waals surface area (Å²) in [5, 5.41) is 8.88. The van der Waals surface area contributed by atoms with Crippen molar-refractivity contribution in [3.05, 3.63) is 63.4 Å². The van der Waals surface area contributed by atoms with Crippen molar-refractivity contribution in [1.29, 1.82) is 5.26 Å². The number of nitriles is 1. The summed E-state index contributed by atoms with van der Waals surface area (Å²) in [7, 11) is 1.83. The van der Waals surface area contributed by atoms with Gasteiger partial charge in [-0.3, -0.25) is 0 Å². The van der Waals surface area contributed by atoms with Gasteiger partial charge in [0.1, 0.15) is 6.07 Å². The van der Waals surface area contributed by atoms with Crippen LogP contribution in [0.2, 0.25) is 0 Å².